The van der Waals surface area contributed by atoms with Crippen molar-refractivity contribution in [3.63, 3.8) is 0 Å². The van der Waals surface area contributed by atoms with Crippen LogP contribution in [0.25, 0.3) is 22.4 Å². The normalized spacial score (nSPS) is 10.7. The Hall–Kier alpha value is -3.42. The molecule has 0 aliphatic carbocycles. The van der Waals surface area contributed by atoms with E-state index in [2.05, 4.69) is 15.3 Å². The van der Waals surface area contributed by atoms with Gasteiger partial charge in [-0.25, -0.2) is 14.8 Å². The molecule has 4 aromatic rings. The summed E-state index contributed by atoms with van der Waals surface area (Å²) in [6.45, 7) is -0.522. The van der Waals surface area contributed by atoms with Crippen LogP contribution in [0.4, 0.5) is 5.82 Å². The Kier molecular flexibility index (Phi) is 5.65. The molecule has 9 heteroatoms. The number of furan rings is 1. The monoisotopic (exact) mass is 441 g/mol. The van der Waals surface area contributed by atoms with Crippen LogP contribution >= 0.6 is 23.2 Å². The number of nitrogens with one attached hydrogen (secondary N) is 1. The van der Waals surface area contributed by atoms with Crippen molar-refractivity contribution >= 4 is 51.8 Å². The Labute approximate surface area is 180 Å². The third-order valence-corrected chi connectivity index (χ3v) is 4.60. The van der Waals surface area contributed by atoms with Gasteiger partial charge in [0.15, 0.2) is 18.2 Å². The van der Waals surface area contributed by atoms with Gasteiger partial charge in [0.25, 0.3) is 5.91 Å². The van der Waals surface area contributed by atoms with E-state index >= 15 is 0 Å². The molecule has 0 spiro atoms. The van der Waals surface area contributed by atoms with Crippen molar-refractivity contribution in [1.29, 1.82) is 0 Å². The number of esters is 1. The van der Waals surface area contributed by atoms with Crippen LogP contribution in [-0.4, -0.2) is 28.5 Å². The van der Waals surface area contributed by atoms with Crippen LogP contribution < -0.4 is 5.32 Å². The number of pyridine rings is 2. The fourth-order valence-corrected chi connectivity index (χ4v) is 3.21. The number of ether oxygens (including phenoxy) is 1. The number of benzene rings is 1. The number of rotatable bonds is 5. The van der Waals surface area contributed by atoms with Crippen molar-refractivity contribution in [3.8, 4) is 11.5 Å². The van der Waals surface area contributed by atoms with Gasteiger partial charge in [0.05, 0.1) is 27.4 Å². The van der Waals surface area contributed by atoms with E-state index in [9.17, 15) is 9.59 Å². The third-order valence-electron chi connectivity index (χ3n) is 4.11. The van der Waals surface area contributed by atoms with Crippen LogP contribution in [0, 0.1) is 0 Å². The number of nitrogens with zero attached hydrogens (tertiary/aromatic N) is 2. The van der Waals surface area contributed by atoms with Crippen LogP contribution in [0.15, 0.2) is 65.4 Å². The SMILES string of the molecule is O=C(COC(=O)c1cc(-c2ccco2)nc2ccccc12)Nc1ncc(Cl)cc1Cl. The Morgan fingerprint density at radius 1 is 1.10 bits per heavy atom. The van der Waals surface area contributed by atoms with Crippen molar-refractivity contribution in [3.05, 3.63) is 76.6 Å². The minimum atomic E-state index is -0.674. The molecule has 4 rings (SSSR count). The molecule has 0 saturated carbocycles. The second-order valence-corrected chi connectivity index (χ2v) is 7.00. The van der Waals surface area contributed by atoms with Crippen molar-refractivity contribution in [2.24, 2.45) is 0 Å². The number of amides is 1. The number of hydrogen-bond donors (Lipinski definition) is 1. The molecule has 0 saturated heterocycles. The topological polar surface area (TPSA) is 94.3 Å². The zero-order valence-electron chi connectivity index (χ0n) is 15.3. The van der Waals surface area contributed by atoms with Crippen LogP contribution in [0.3, 0.4) is 0 Å². The maximum absolute atomic E-state index is 12.7. The Morgan fingerprint density at radius 3 is 2.70 bits per heavy atom. The number of halogens is 2. The molecule has 0 unspecified atom stereocenters. The van der Waals surface area contributed by atoms with Crippen LogP contribution in [0.1, 0.15) is 10.4 Å². The highest BCUT2D eigenvalue weighted by atomic mass is 35.5. The van der Waals surface area contributed by atoms with E-state index in [1.807, 2.05) is 6.07 Å². The molecule has 30 heavy (non-hydrogen) atoms. The molecule has 1 N–H and O–H groups in total. The van der Waals surface area contributed by atoms with Gasteiger partial charge in [-0.1, -0.05) is 41.4 Å². The summed E-state index contributed by atoms with van der Waals surface area (Å²) in [7, 11) is 0. The first-order valence-corrected chi connectivity index (χ1v) is 9.48. The second-order valence-electron chi connectivity index (χ2n) is 6.16. The minimum absolute atomic E-state index is 0.122. The van der Waals surface area contributed by atoms with E-state index in [-0.39, 0.29) is 16.4 Å². The van der Waals surface area contributed by atoms with Gasteiger partial charge >= 0.3 is 5.97 Å². The first kappa shape index (κ1) is 19.9. The number of fused-ring (bicyclic) bond motifs is 1. The van der Waals surface area contributed by atoms with E-state index in [0.717, 1.165) is 0 Å². The van der Waals surface area contributed by atoms with Crippen LogP contribution in [-0.2, 0) is 9.53 Å². The van der Waals surface area contributed by atoms with Gasteiger partial charge in [-0.05, 0) is 30.3 Å². The fourth-order valence-electron chi connectivity index (χ4n) is 2.78. The summed E-state index contributed by atoms with van der Waals surface area (Å²) < 4.78 is 10.6. The molecule has 3 heterocycles. The Balaban J connectivity index is 1.53. The summed E-state index contributed by atoms with van der Waals surface area (Å²) in [6, 6.07) is 13.6. The summed E-state index contributed by atoms with van der Waals surface area (Å²) >= 11 is 11.8. The quantitative estimate of drug-likeness (QED) is 0.438. The standard InChI is InChI=1S/C21H13Cl2N3O4/c22-12-8-15(23)20(24-10-12)26-19(27)11-30-21(28)14-9-17(18-6-3-7-29-18)25-16-5-2-1-4-13(14)16/h1-10H,11H2,(H,24,26,27). The van der Waals surface area contributed by atoms with Crippen molar-refractivity contribution < 1.29 is 18.7 Å². The number of anilines is 1. The molecular formula is C21H13Cl2N3O4. The summed E-state index contributed by atoms with van der Waals surface area (Å²) in [4.78, 5) is 33.3. The summed E-state index contributed by atoms with van der Waals surface area (Å²) in [5.74, 6) is -0.635. The maximum Gasteiger partial charge on any atom is 0.339 e. The van der Waals surface area contributed by atoms with E-state index < -0.39 is 18.5 Å². The zero-order chi connectivity index (χ0) is 21.1. The zero-order valence-corrected chi connectivity index (χ0v) is 16.8. The maximum atomic E-state index is 12.7. The number of carbonyl (C=O) groups is 2. The highest BCUT2D eigenvalue weighted by Gasteiger charge is 2.18. The van der Waals surface area contributed by atoms with Crippen molar-refractivity contribution in [1.82, 2.24) is 9.97 Å². The molecule has 150 valence electrons. The van der Waals surface area contributed by atoms with Gasteiger partial charge in [-0.3, -0.25) is 4.79 Å². The van der Waals surface area contributed by atoms with Gasteiger partial charge < -0.3 is 14.5 Å². The average Bonchev–Trinajstić information content (AvgIpc) is 3.28. The smallest absolute Gasteiger partial charge is 0.339 e. The lowest BCUT2D eigenvalue weighted by atomic mass is 10.1. The van der Waals surface area contributed by atoms with E-state index in [1.54, 1.807) is 36.4 Å². The number of hydrogen-bond acceptors (Lipinski definition) is 6. The minimum Gasteiger partial charge on any atom is -0.463 e. The largest absolute Gasteiger partial charge is 0.463 e. The molecule has 0 fully saturated rings. The van der Waals surface area contributed by atoms with Gasteiger partial charge in [-0.2, -0.15) is 0 Å². The highest BCUT2D eigenvalue weighted by Crippen LogP contribution is 2.26. The lowest BCUT2D eigenvalue weighted by Crippen LogP contribution is -2.21. The lowest BCUT2D eigenvalue weighted by molar-refractivity contribution is -0.119. The van der Waals surface area contributed by atoms with Crippen molar-refractivity contribution in [2.45, 2.75) is 0 Å². The first-order valence-electron chi connectivity index (χ1n) is 8.73. The Bertz CT molecular complexity index is 1240. The predicted octanol–water partition coefficient (Wildman–Crippen LogP) is 4.99. The molecule has 3 aromatic heterocycles. The van der Waals surface area contributed by atoms with Gasteiger partial charge in [0.1, 0.15) is 5.69 Å². The molecule has 1 amide bonds. The van der Waals surface area contributed by atoms with Gasteiger partial charge in [0.2, 0.25) is 0 Å². The Morgan fingerprint density at radius 2 is 1.93 bits per heavy atom. The molecule has 0 atom stereocenters. The lowest BCUT2D eigenvalue weighted by Gasteiger charge is -2.10. The van der Waals surface area contributed by atoms with Gasteiger partial charge in [0, 0.05) is 11.6 Å². The molecule has 0 aliphatic rings. The number of carbonyl (C=O) groups excluding carboxylic acids is 2. The van der Waals surface area contributed by atoms with E-state index in [0.29, 0.717) is 27.4 Å². The molecule has 0 bridgehead atoms. The first-order chi connectivity index (χ1) is 14.5. The molecular weight excluding hydrogens is 429 g/mol. The highest BCUT2D eigenvalue weighted by molar-refractivity contribution is 6.36. The summed E-state index contributed by atoms with van der Waals surface area (Å²) in [5.41, 5.74) is 1.34. The number of aromatic nitrogens is 2. The summed E-state index contributed by atoms with van der Waals surface area (Å²) in [6.07, 6.45) is 2.86. The molecule has 0 radical (unpaired) electrons. The predicted molar refractivity (Wildman–Crippen MR) is 113 cm³/mol. The molecule has 7 nitrogen and oxygen atoms in total. The van der Waals surface area contributed by atoms with E-state index in [1.165, 1.54) is 18.5 Å². The van der Waals surface area contributed by atoms with Crippen LogP contribution in [0.2, 0.25) is 10.0 Å². The summed E-state index contributed by atoms with van der Waals surface area (Å²) in [5, 5.41) is 3.57. The van der Waals surface area contributed by atoms with Gasteiger partial charge in [-0.15, -0.1) is 0 Å². The second kappa shape index (κ2) is 8.52. The average molecular weight is 442 g/mol. The molecule has 1 aromatic carbocycles. The molecule has 0 aliphatic heterocycles. The van der Waals surface area contributed by atoms with E-state index in [4.69, 9.17) is 32.4 Å². The van der Waals surface area contributed by atoms with Crippen molar-refractivity contribution in [2.75, 3.05) is 11.9 Å². The number of para-hydroxylation sites is 1. The third kappa shape index (κ3) is 4.27. The fraction of sp³-hybridized carbons (Fsp3) is 0.0476. The van der Waals surface area contributed by atoms with Crippen LogP contribution in [0.5, 0.6) is 0 Å².